The van der Waals surface area contributed by atoms with Crippen molar-refractivity contribution in [2.75, 3.05) is 6.61 Å². The maximum absolute atomic E-state index is 12.6. The maximum atomic E-state index is 12.6. The number of carbonyl (C=O) groups excluding carboxylic acids is 1. The van der Waals surface area contributed by atoms with Gasteiger partial charge in [-0.2, -0.15) is 0 Å². The summed E-state index contributed by atoms with van der Waals surface area (Å²) in [5.74, 6) is -1.01. The van der Waals surface area contributed by atoms with Gasteiger partial charge in [-0.3, -0.25) is 4.79 Å². The lowest BCUT2D eigenvalue weighted by Gasteiger charge is -2.10. The zero-order chi connectivity index (χ0) is 7.72. The van der Waals surface area contributed by atoms with Gasteiger partial charge >= 0.3 is 0 Å². The number of halogens is 1. The van der Waals surface area contributed by atoms with E-state index in [4.69, 9.17) is 5.11 Å². The van der Waals surface area contributed by atoms with Crippen molar-refractivity contribution in [3.05, 3.63) is 0 Å². The summed E-state index contributed by atoms with van der Waals surface area (Å²) in [6, 6.07) is -0.400. The first-order chi connectivity index (χ1) is 4.66. The molecule has 3 atom stereocenters. The Balaban J connectivity index is 2.61. The van der Waals surface area contributed by atoms with Crippen LogP contribution in [0.15, 0.2) is 0 Å². The SMILES string of the molecule is C[C@H]1[C@H](F)C(=O)N[C@@H]1CO. The molecule has 1 heterocycles. The van der Waals surface area contributed by atoms with E-state index in [9.17, 15) is 9.18 Å². The Bertz CT molecular complexity index is 151. The molecule has 1 amide bonds. The molecule has 1 rings (SSSR count). The number of rotatable bonds is 1. The molecule has 1 saturated heterocycles. The van der Waals surface area contributed by atoms with Gasteiger partial charge in [0, 0.05) is 5.92 Å². The lowest BCUT2D eigenvalue weighted by Crippen LogP contribution is -2.31. The summed E-state index contributed by atoms with van der Waals surface area (Å²) in [4.78, 5) is 10.6. The molecule has 1 aliphatic rings. The Morgan fingerprint density at radius 3 is 2.60 bits per heavy atom. The van der Waals surface area contributed by atoms with Crippen molar-refractivity contribution in [2.45, 2.75) is 19.1 Å². The number of alkyl halides is 1. The fraction of sp³-hybridized carbons (Fsp3) is 0.833. The van der Waals surface area contributed by atoms with Gasteiger partial charge in [0.1, 0.15) is 0 Å². The second-order valence-electron chi connectivity index (χ2n) is 2.56. The van der Waals surface area contributed by atoms with Crippen LogP contribution in [0.25, 0.3) is 0 Å². The first kappa shape index (κ1) is 7.47. The smallest absolute Gasteiger partial charge is 0.255 e. The standard InChI is InChI=1S/C6H10FNO2/c1-3-4(2-9)8-6(10)5(3)7/h3-5,9H,2H2,1H3,(H,8,10)/t3-,4-,5+/m1/s1. The average Bonchev–Trinajstić information content (AvgIpc) is 2.17. The first-order valence-electron chi connectivity index (χ1n) is 3.22. The van der Waals surface area contributed by atoms with E-state index in [1.54, 1.807) is 6.92 Å². The Kier molecular flexibility index (Phi) is 1.89. The second kappa shape index (κ2) is 2.54. The third-order valence-corrected chi connectivity index (χ3v) is 1.87. The van der Waals surface area contributed by atoms with Gasteiger partial charge < -0.3 is 10.4 Å². The Morgan fingerprint density at radius 2 is 2.40 bits per heavy atom. The van der Waals surface area contributed by atoms with Crippen molar-refractivity contribution in [1.82, 2.24) is 5.32 Å². The van der Waals surface area contributed by atoms with Crippen LogP contribution in [-0.2, 0) is 4.79 Å². The predicted octanol–water partition coefficient (Wildman–Crippen LogP) is -0.549. The molecule has 1 fully saturated rings. The third kappa shape index (κ3) is 0.988. The van der Waals surface area contributed by atoms with Gasteiger partial charge in [-0.1, -0.05) is 6.92 Å². The van der Waals surface area contributed by atoms with E-state index in [-0.39, 0.29) is 6.61 Å². The lowest BCUT2D eigenvalue weighted by atomic mass is 10.0. The molecule has 2 N–H and O–H groups in total. The minimum atomic E-state index is -1.45. The summed E-state index contributed by atoms with van der Waals surface area (Å²) in [5.41, 5.74) is 0. The Labute approximate surface area is 58.2 Å². The highest BCUT2D eigenvalue weighted by molar-refractivity contribution is 5.83. The molecule has 10 heavy (non-hydrogen) atoms. The van der Waals surface area contributed by atoms with Gasteiger partial charge in [0.15, 0.2) is 6.17 Å². The minimum absolute atomic E-state index is 0.187. The topological polar surface area (TPSA) is 49.3 Å². The molecular formula is C6H10FNO2. The Morgan fingerprint density at radius 1 is 1.80 bits per heavy atom. The molecular weight excluding hydrogens is 137 g/mol. The minimum Gasteiger partial charge on any atom is -0.394 e. The lowest BCUT2D eigenvalue weighted by molar-refractivity contribution is -0.123. The van der Waals surface area contributed by atoms with Crippen molar-refractivity contribution in [2.24, 2.45) is 5.92 Å². The van der Waals surface area contributed by atoms with Crippen molar-refractivity contribution < 1.29 is 14.3 Å². The summed E-state index contributed by atoms with van der Waals surface area (Å²) in [6.07, 6.45) is -1.45. The van der Waals surface area contributed by atoms with E-state index in [1.807, 2.05) is 0 Å². The number of amides is 1. The van der Waals surface area contributed by atoms with Crippen molar-refractivity contribution >= 4 is 5.91 Å². The van der Waals surface area contributed by atoms with Crippen LogP contribution in [0.5, 0.6) is 0 Å². The van der Waals surface area contributed by atoms with Gasteiger partial charge in [0.05, 0.1) is 12.6 Å². The van der Waals surface area contributed by atoms with Crippen LogP contribution < -0.4 is 5.32 Å². The molecule has 0 aliphatic carbocycles. The summed E-state index contributed by atoms with van der Waals surface area (Å²) < 4.78 is 12.6. The molecule has 0 aromatic rings. The highest BCUT2D eigenvalue weighted by atomic mass is 19.1. The van der Waals surface area contributed by atoms with Gasteiger partial charge in [-0.25, -0.2) is 4.39 Å². The van der Waals surface area contributed by atoms with Crippen molar-refractivity contribution in [3.8, 4) is 0 Å². The second-order valence-corrected chi connectivity index (χ2v) is 2.56. The molecule has 0 saturated carbocycles. The van der Waals surface area contributed by atoms with Crippen molar-refractivity contribution in [3.63, 3.8) is 0 Å². The van der Waals surface area contributed by atoms with Crippen LogP contribution in [0.2, 0.25) is 0 Å². The van der Waals surface area contributed by atoms with Crippen LogP contribution in [0.4, 0.5) is 4.39 Å². The zero-order valence-electron chi connectivity index (χ0n) is 5.67. The fourth-order valence-electron chi connectivity index (χ4n) is 1.05. The Hall–Kier alpha value is -0.640. The highest BCUT2D eigenvalue weighted by Gasteiger charge is 2.38. The van der Waals surface area contributed by atoms with Crippen LogP contribution in [0.1, 0.15) is 6.92 Å². The number of nitrogens with one attached hydrogen (secondary N) is 1. The van der Waals surface area contributed by atoms with E-state index in [0.717, 1.165) is 0 Å². The van der Waals surface area contributed by atoms with Gasteiger partial charge in [-0.15, -0.1) is 0 Å². The monoisotopic (exact) mass is 147 g/mol. The van der Waals surface area contributed by atoms with Gasteiger partial charge in [0.2, 0.25) is 0 Å². The van der Waals surface area contributed by atoms with Crippen molar-refractivity contribution in [1.29, 1.82) is 0 Å². The number of hydrogen-bond acceptors (Lipinski definition) is 2. The molecule has 1 aliphatic heterocycles. The van der Waals surface area contributed by atoms with E-state index in [0.29, 0.717) is 0 Å². The molecule has 0 aromatic heterocycles. The summed E-state index contributed by atoms with van der Waals surface area (Å²) in [6.45, 7) is 1.41. The van der Waals surface area contributed by atoms with E-state index in [1.165, 1.54) is 0 Å². The fourth-order valence-corrected chi connectivity index (χ4v) is 1.05. The first-order valence-corrected chi connectivity index (χ1v) is 3.22. The third-order valence-electron chi connectivity index (χ3n) is 1.87. The number of aliphatic hydroxyl groups excluding tert-OH is 1. The summed E-state index contributed by atoms with van der Waals surface area (Å²) in [5, 5.41) is 10.9. The molecule has 0 radical (unpaired) electrons. The predicted molar refractivity (Wildman–Crippen MR) is 33.1 cm³/mol. The normalized spacial score (nSPS) is 39.9. The molecule has 0 aromatic carbocycles. The molecule has 58 valence electrons. The molecule has 0 bridgehead atoms. The average molecular weight is 147 g/mol. The van der Waals surface area contributed by atoms with E-state index in [2.05, 4.69) is 5.32 Å². The van der Waals surface area contributed by atoms with E-state index >= 15 is 0 Å². The van der Waals surface area contributed by atoms with Gasteiger partial charge in [-0.05, 0) is 0 Å². The number of hydrogen-bond donors (Lipinski definition) is 2. The largest absolute Gasteiger partial charge is 0.394 e. The maximum Gasteiger partial charge on any atom is 0.255 e. The summed E-state index contributed by atoms with van der Waals surface area (Å²) in [7, 11) is 0. The molecule has 4 heteroatoms. The van der Waals surface area contributed by atoms with Crippen LogP contribution in [0.3, 0.4) is 0 Å². The zero-order valence-corrected chi connectivity index (χ0v) is 5.67. The quantitative estimate of drug-likeness (QED) is 0.523. The number of carbonyl (C=O) groups is 1. The number of aliphatic hydroxyl groups is 1. The van der Waals surface area contributed by atoms with Gasteiger partial charge in [0.25, 0.3) is 5.91 Å². The highest BCUT2D eigenvalue weighted by Crippen LogP contribution is 2.18. The molecule has 0 spiro atoms. The molecule has 0 unspecified atom stereocenters. The summed E-state index contributed by atoms with van der Waals surface area (Å²) >= 11 is 0. The molecule has 3 nitrogen and oxygen atoms in total. The van der Waals surface area contributed by atoms with Crippen LogP contribution in [0, 0.1) is 5.92 Å². The van der Waals surface area contributed by atoms with E-state index < -0.39 is 24.0 Å². The van der Waals surface area contributed by atoms with Crippen LogP contribution in [-0.4, -0.2) is 29.8 Å². The van der Waals surface area contributed by atoms with Crippen LogP contribution >= 0.6 is 0 Å².